The monoisotopic (exact) mass is 276 g/mol. The number of rotatable bonds is 6. The molecule has 4 nitrogen and oxygen atoms in total. The van der Waals surface area contributed by atoms with E-state index < -0.39 is 10.0 Å². The Morgan fingerprint density at radius 3 is 2.42 bits per heavy atom. The molecule has 0 fully saturated rings. The predicted molar refractivity (Wildman–Crippen MR) is 76.4 cm³/mol. The summed E-state index contributed by atoms with van der Waals surface area (Å²) in [6.07, 6.45) is 2.90. The fraction of sp³-hybridized carbons (Fsp3) is 0.214. The number of nitrogens with one attached hydrogen (secondary N) is 1. The van der Waals surface area contributed by atoms with Crippen molar-refractivity contribution >= 4 is 15.8 Å². The molecule has 0 atom stereocenters. The first kappa shape index (κ1) is 13.5. The molecular formula is C14H16N2O2S. The van der Waals surface area contributed by atoms with E-state index in [0.717, 1.165) is 12.0 Å². The third-order valence-corrected chi connectivity index (χ3v) is 3.99. The molecule has 5 heteroatoms. The average molecular weight is 276 g/mol. The van der Waals surface area contributed by atoms with E-state index >= 15 is 0 Å². The molecule has 19 heavy (non-hydrogen) atoms. The quantitative estimate of drug-likeness (QED) is 0.881. The molecule has 0 unspecified atom stereocenters. The Labute approximate surface area is 113 Å². The Balaban J connectivity index is 1.85. The summed E-state index contributed by atoms with van der Waals surface area (Å²) < 4.78 is 26.1. The molecule has 0 amide bonds. The maximum Gasteiger partial charge on any atom is 0.233 e. The zero-order chi connectivity index (χ0) is 13.6. The minimum Gasteiger partial charge on any atom is -0.267 e. The van der Waals surface area contributed by atoms with Crippen LogP contribution in [0.1, 0.15) is 12.0 Å². The van der Waals surface area contributed by atoms with Crippen LogP contribution >= 0.6 is 0 Å². The van der Waals surface area contributed by atoms with Crippen LogP contribution in [0.25, 0.3) is 0 Å². The van der Waals surface area contributed by atoms with Gasteiger partial charge >= 0.3 is 0 Å². The van der Waals surface area contributed by atoms with Crippen LogP contribution in [0.3, 0.4) is 0 Å². The Kier molecular flexibility index (Phi) is 4.52. The van der Waals surface area contributed by atoms with Gasteiger partial charge in [0.15, 0.2) is 0 Å². The number of sulfonamides is 1. The Bertz CT molecular complexity index is 598. The van der Waals surface area contributed by atoms with Crippen molar-refractivity contribution in [2.24, 2.45) is 0 Å². The summed E-state index contributed by atoms with van der Waals surface area (Å²) in [4.78, 5) is 3.94. The summed E-state index contributed by atoms with van der Waals surface area (Å²) in [5.41, 5.74) is 1.15. The topological polar surface area (TPSA) is 59.1 Å². The van der Waals surface area contributed by atoms with Crippen molar-refractivity contribution in [3.05, 3.63) is 60.3 Å². The first-order valence-electron chi connectivity index (χ1n) is 6.11. The van der Waals surface area contributed by atoms with Crippen molar-refractivity contribution in [2.45, 2.75) is 12.8 Å². The largest absolute Gasteiger partial charge is 0.267 e. The van der Waals surface area contributed by atoms with Gasteiger partial charge in [-0.3, -0.25) is 4.72 Å². The lowest BCUT2D eigenvalue weighted by Gasteiger charge is -2.06. The molecule has 0 bridgehead atoms. The van der Waals surface area contributed by atoms with Gasteiger partial charge in [0.05, 0.1) is 5.75 Å². The summed E-state index contributed by atoms with van der Waals surface area (Å²) in [5, 5.41) is 0. The standard InChI is InChI=1S/C14H16N2O2S/c17-19(18,16-14-10-4-5-11-15-14)12-6-9-13-7-2-1-3-8-13/h1-5,7-8,10-11H,6,9,12H2,(H,15,16). The average Bonchev–Trinajstić information content (AvgIpc) is 2.40. The van der Waals surface area contributed by atoms with Crippen LogP contribution in [0.4, 0.5) is 5.82 Å². The van der Waals surface area contributed by atoms with Gasteiger partial charge in [0.1, 0.15) is 5.82 Å². The smallest absolute Gasteiger partial charge is 0.233 e. The van der Waals surface area contributed by atoms with Gasteiger partial charge in [-0.15, -0.1) is 0 Å². The molecule has 0 spiro atoms. The molecular weight excluding hydrogens is 260 g/mol. The van der Waals surface area contributed by atoms with Gasteiger partial charge in [0.2, 0.25) is 10.0 Å². The Hall–Kier alpha value is -1.88. The second-order valence-electron chi connectivity index (χ2n) is 4.23. The molecule has 0 aliphatic carbocycles. The van der Waals surface area contributed by atoms with Crippen LogP contribution in [-0.4, -0.2) is 19.2 Å². The van der Waals surface area contributed by atoms with Crippen LogP contribution in [0.2, 0.25) is 0 Å². The van der Waals surface area contributed by atoms with Gasteiger partial charge in [0, 0.05) is 6.20 Å². The summed E-state index contributed by atoms with van der Waals surface area (Å²) in [5.74, 6) is 0.459. The van der Waals surface area contributed by atoms with E-state index in [9.17, 15) is 8.42 Å². The predicted octanol–water partition coefficient (Wildman–Crippen LogP) is 2.46. The molecule has 100 valence electrons. The normalized spacial score (nSPS) is 11.2. The molecule has 1 heterocycles. The summed E-state index contributed by atoms with van der Waals surface area (Å²) >= 11 is 0. The van der Waals surface area contributed by atoms with E-state index in [-0.39, 0.29) is 5.75 Å². The molecule has 1 aromatic heterocycles. The van der Waals surface area contributed by atoms with Crippen LogP contribution < -0.4 is 4.72 Å². The maximum atomic E-state index is 11.8. The molecule has 0 saturated carbocycles. The SMILES string of the molecule is O=S(=O)(CCCc1ccccc1)Nc1ccccn1. The number of anilines is 1. The second kappa shape index (κ2) is 6.33. The lowest BCUT2D eigenvalue weighted by Crippen LogP contribution is -2.17. The van der Waals surface area contributed by atoms with Gasteiger partial charge in [-0.05, 0) is 30.5 Å². The van der Waals surface area contributed by atoms with Crippen molar-refractivity contribution in [2.75, 3.05) is 10.5 Å². The summed E-state index contributed by atoms with van der Waals surface area (Å²) in [7, 11) is -3.32. The first-order valence-corrected chi connectivity index (χ1v) is 7.76. The van der Waals surface area contributed by atoms with Gasteiger partial charge in [-0.2, -0.15) is 0 Å². The van der Waals surface area contributed by atoms with E-state index in [1.165, 1.54) is 0 Å². The number of aromatic nitrogens is 1. The first-order chi connectivity index (χ1) is 9.16. The van der Waals surface area contributed by atoms with E-state index in [1.54, 1.807) is 24.4 Å². The van der Waals surface area contributed by atoms with E-state index in [1.807, 2.05) is 30.3 Å². The molecule has 0 aliphatic heterocycles. The van der Waals surface area contributed by atoms with E-state index in [2.05, 4.69) is 9.71 Å². The summed E-state index contributed by atoms with van der Waals surface area (Å²) in [6, 6.07) is 15.0. The van der Waals surface area contributed by atoms with Crippen LogP contribution in [0, 0.1) is 0 Å². The van der Waals surface area contributed by atoms with Crippen LogP contribution in [0.15, 0.2) is 54.7 Å². The number of nitrogens with zero attached hydrogens (tertiary/aromatic N) is 1. The zero-order valence-corrected chi connectivity index (χ0v) is 11.3. The fourth-order valence-electron chi connectivity index (χ4n) is 1.74. The Morgan fingerprint density at radius 1 is 1.00 bits per heavy atom. The molecule has 0 aliphatic rings. The highest BCUT2D eigenvalue weighted by Crippen LogP contribution is 2.07. The molecule has 0 saturated heterocycles. The van der Waals surface area contributed by atoms with Gasteiger partial charge in [-0.1, -0.05) is 36.4 Å². The lowest BCUT2D eigenvalue weighted by molar-refractivity contribution is 0.598. The third-order valence-electron chi connectivity index (χ3n) is 2.65. The van der Waals surface area contributed by atoms with Gasteiger partial charge in [-0.25, -0.2) is 13.4 Å². The maximum absolute atomic E-state index is 11.8. The second-order valence-corrected chi connectivity index (χ2v) is 6.07. The highest BCUT2D eigenvalue weighted by atomic mass is 32.2. The number of pyridine rings is 1. The lowest BCUT2D eigenvalue weighted by atomic mass is 10.1. The van der Waals surface area contributed by atoms with E-state index in [0.29, 0.717) is 12.2 Å². The minimum atomic E-state index is -3.32. The molecule has 0 radical (unpaired) electrons. The van der Waals surface area contributed by atoms with Gasteiger partial charge in [0.25, 0.3) is 0 Å². The Morgan fingerprint density at radius 2 is 1.74 bits per heavy atom. The number of hydrogen-bond donors (Lipinski definition) is 1. The van der Waals surface area contributed by atoms with Crippen molar-refractivity contribution in [1.82, 2.24) is 4.98 Å². The highest BCUT2D eigenvalue weighted by Gasteiger charge is 2.10. The van der Waals surface area contributed by atoms with Crippen molar-refractivity contribution < 1.29 is 8.42 Å². The van der Waals surface area contributed by atoms with Crippen molar-refractivity contribution in [3.8, 4) is 0 Å². The van der Waals surface area contributed by atoms with Crippen molar-refractivity contribution in [1.29, 1.82) is 0 Å². The molecule has 1 N–H and O–H groups in total. The minimum absolute atomic E-state index is 0.0957. The number of benzene rings is 1. The van der Waals surface area contributed by atoms with Crippen molar-refractivity contribution in [3.63, 3.8) is 0 Å². The van der Waals surface area contributed by atoms with Crippen LogP contribution in [-0.2, 0) is 16.4 Å². The van der Waals surface area contributed by atoms with Crippen LogP contribution in [0.5, 0.6) is 0 Å². The molecule has 2 aromatic rings. The fourth-order valence-corrected chi connectivity index (χ4v) is 2.81. The molecule has 1 aromatic carbocycles. The molecule has 2 rings (SSSR count). The number of aryl methyl sites for hydroxylation is 1. The summed E-state index contributed by atoms with van der Waals surface area (Å²) in [6.45, 7) is 0. The van der Waals surface area contributed by atoms with Gasteiger partial charge < -0.3 is 0 Å². The number of hydrogen-bond acceptors (Lipinski definition) is 3. The zero-order valence-electron chi connectivity index (χ0n) is 10.5. The third kappa shape index (κ3) is 4.71. The van der Waals surface area contributed by atoms with E-state index in [4.69, 9.17) is 0 Å². The highest BCUT2D eigenvalue weighted by molar-refractivity contribution is 7.92.